The average molecular weight is 348 g/mol. The molecule has 0 atom stereocenters. The number of nitrogens with one attached hydrogen (secondary N) is 1. The minimum absolute atomic E-state index is 0.0109. The van der Waals surface area contributed by atoms with Gasteiger partial charge in [0.05, 0.1) is 12.1 Å². The number of urea groups is 1. The lowest BCUT2D eigenvalue weighted by Gasteiger charge is -2.27. The lowest BCUT2D eigenvalue weighted by atomic mass is 10.1. The van der Waals surface area contributed by atoms with Crippen molar-refractivity contribution in [2.24, 2.45) is 0 Å². The third-order valence-electron chi connectivity index (χ3n) is 5.31. The van der Waals surface area contributed by atoms with Crippen LogP contribution in [0, 0.1) is 0 Å². The highest BCUT2D eigenvalue weighted by molar-refractivity contribution is 5.74. The maximum atomic E-state index is 12.6. The van der Waals surface area contributed by atoms with Crippen LogP contribution in [0.5, 0.6) is 0 Å². The molecule has 25 heavy (non-hydrogen) atoms. The van der Waals surface area contributed by atoms with E-state index in [1.54, 1.807) is 6.33 Å². The van der Waals surface area contributed by atoms with E-state index < -0.39 is 0 Å². The zero-order valence-electron chi connectivity index (χ0n) is 15.9. The van der Waals surface area contributed by atoms with Gasteiger partial charge in [-0.25, -0.2) is 14.5 Å². The highest BCUT2D eigenvalue weighted by Crippen LogP contribution is 2.24. The summed E-state index contributed by atoms with van der Waals surface area (Å²) in [5.74, 6) is 0.795. The summed E-state index contributed by atoms with van der Waals surface area (Å²) < 4.78 is 1.87. The molecule has 1 N–H and O–H groups in total. The molecular formula is C18H32N6O. The molecule has 0 unspecified atom stereocenters. The number of amides is 2. The van der Waals surface area contributed by atoms with Crippen LogP contribution >= 0.6 is 0 Å². The van der Waals surface area contributed by atoms with Crippen molar-refractivity contribution in [3.8, 4) is 0 Å². The Morgan fingerprint density at radius 2 is 1.92 bits per heavy atom. The first-order valence-electron chi connectivity index (χ1n) is 9.61. The molecule has 0 aromatic carbocycles. The molecule has 3 rings (SSSR count). The topological polar surface area (TPSA) is 66.3 Å². The summed E-state index contributed by atoms with van der Waals surface area (Å²) in [5, 5.41) is 7.31. The van der Waals surface area contributed by atoms with Gasteiger partial charge in [0.1, 0.15) is 12.2 Å². The maximum absolute atomic E-state index is 12.6. The second kappa shape index (κ2) is 7.72. The van der Waals surface area contributed by atoms with Crippen molar-refractivity contribution in [2.75, 3.05) is 26.2 Å². The molecule has 0 bridgehead atoms. The molecule has 140 valence electrons. The summed E-state index contributed by atoms with van der Waals surface area (Å²) in [5.41, 5.74) is -0.138. The van der Waals surface area contributed by atoms with E-state index in [1.165, 1.54) is 25.7 Å². The van der Waals surface area contributed by atoms with E-state index in [-0.39, 0.29) is 11.6 Å². The van der Waals surface area contributed by atoms with E-state index in [0.717, 1.165) is 44.5 Å². The second-order valence-corrected chi connectivity index (χ2v) is 8.23. The third kappa shape index (κ3) is 4.51. The minimum atomic E-state index is -0.138. The van der Waals surface area contributed by atoms with Crippen LogP contribution in [0.2, 0.25) is 0 Å². The zero-order valence-corrected chi connectivity index (χ0v) is 15.9. The normalized spacial score (nSPS) is 20.7. The van der Waals surface area contributed by atoms with Gasteiger partial charge in [-0.15, -0.1) is 0 Å². The van der Waals surface area contributed by atoms with E-state index in [2.05, 4.69) is 41.1 Å². The van der Waals surface area contributed by atoms with Gasteiger partial charge in [-0.2, -0.15) is 5.10 Å². The van der Waals surface area contributed by atoms with Gasteiger partial charge in [-0.1, -0.05) is 12.8 Å². The van der Waals surface area contributed by atoms with Crippen molar-refractivity contribution in [3.63, 3.8) is 0 Å². The van der Waals surface area contributed by atoms with Crippen LogP contribution in [0.1, 0.15) is 58.7 Å². The Morgan fingerprint density at radius 3 is 2.64 bits per heavy atom. The van der Waals surface area contributed by atoms with Gasteiger partial charge in [0, 0.05) is 32.2 Å². The average Bonchev–Trinajstić information content (AvgIpc) is 3.20. The molecular weight excluding hydrogens is 316 g/mol. The van der Waals surface area contributed by atoms with Crippen LogP contribution in [0.3, 0.4) is 0 Å². The molecule has 2 fully saturated rings. The smallest absolute Gasteiger partial charge is 0.317 e. The van der Waals surface area contributed by atoms with Crippen molar-refractivity contribution in [2.45, 2.75) is 71.0 Å². The van der Waals surface area contributed by atoms with Crippen LogP contribution in [-0.4, -0.2) is 62.8 Å². The summed E-state index contributed by atoms with van der Waals surface area (Å²) >= 11 is 0. The van der Waals surface area contributed by atoms with Crippen LogP contribution in [-0.2, 0) is 12.1 Å². The number of nitrogens with zero attached hydrogens (tertiary/aromatic N) is 5. The summed E-state index contributed by atoms with van der Waals surface area (Å²) in [6.45, 7) is 10.4. The van der Waals surface area contributed by atoms with Gasteiger partial charge in [0.2, 0.25) is 0 Å². The zero-order chi connectivity index (χ0) is 17.9. The van der Waals surface area contributed by atoms with Crippen LogP contribution in [0.25, 0.3) is 0 Å². The van der Waals surface area contributed by atoms with Crippen LogP contribution < -0.4 is 5.32 Å². The fourth-order valence-electron chi connectivity index (χ4n) is 3.99. The largest absolute Gasteiger partial charge is 0.331 e. The van der Waals surface area contributed by atoms with Crippen molar-refractivity contribution < 1.29 is 4.79 Å². The molecule has 0 spiro atoms. The highest BCUT2D eigenvalue weighted by Gasteiger charge is 2.26. The number of carbonyl (C=O) groups is 1. The fraction of sp³-hybridized carbons (Fsp3) is 0.833. The SMILES string of the molecule is CC(C)(C)n1ncnc1CNC(=O)N1CCCN(C2CCCC2)CC1. The molecule has 7 heteroatoms. The number of hydrogen-bond acceptors (Lipinski definition) is 4. The Kier molecular flexibility index (Phi) is 5.61. The van der Waals surface area contributed by atoms with Gasteiger partial charge in [0.25, 0.3) is 0 Å². The van der Waals surface area contributed by atoms with Crippen molar-refractivity contribution in [1.82, 2.24) is 29.9 Å². The Balaban J connectivity index is 1.51. The predicted octanol–water partition coefficient (Wildman–Crippen LogP) is 2.19. The Labute approximate surface area is 150 Å². The number of hydrogen-bond donors (Lipinski definition) is 1. The van der Waals surface area contributed by atoms with Gasteiger partial charge in [0.15, 0.2) is 0 Å². The van der Waals surface area contributed by atoms with Crippen molar-refractivity contribution in [3.05, 3.63) is 12.2 Å². The first-order valence-corrected chi connectivity index (χ1v) is 9.61. The lowest BCUT2D eigenvalue weighted by molar-refractivity contribution is 0.187. The molecule has 1 saturated carbocycles. The summed E-state index contributed by atoms with van der Waals surface area (Å²) in [4.78, 5) is 21.4. The van der Waals surface area contributed by atoms with Crippen LogP contribution in [0.4, 0.5) is 4.79 Å². The molecule has 2 amide bonds. The van der Waals surface area contributed by atoms with E-state index in [0.29, 0.717) is 6.54 Å². The van der Waals surface area contributed by atoms with E-state index in [4.69, 9.17) is 0 Å². The fourth-order valence-corrected chi connectivity index (χ4v) is 3.99. The Hall–Kier alpha value is -1.63. The molecule has 1 aliphatic carbocycles. The van der Waals surface area contributed by atoms with Gasteiger partial charge in [-0.3, -0.25) is 4.90 Å². The second-order valence-electron chi connectivity index (χ2n) is 8.23. The molecule has 1 saturated heterocycles. The maximum Gasteiger partial charge on any atom is 0.317 e. The molecule has 0 radical (unpaired) electrons. The van der Waals surface area contributed by atoms with Gasteiger partial charge in [-0.05, 0) is 40.0 Å². The predicted molar refractivity (Wildman–Crippen MR) is 97.3 cm³/mol. The molecule has 2 aliphatic rings. The quantitative estimate of drug-likeness (QED) is 0.909. The Morgan fingerprint density at radius 1 is 1.16 bits per heavy atom. The summed E-state index contributed by atoms with van der Waals surface area (Å²) in [7, 11) is 0. The van der Waals surface area contributed by atoms with Crippen molar-refractivity contribution in [1.29, 1.82) is 0 Å². The Bertz CT molecular complexity index is 572. The monoisotopic (exact) mass is 348 g/mol. The van der Waals surface area contributed by atoms with Gasteiger partial charge < -0.3 is 10.2 Å². The molecule has 7 nitrogen and oxygen atoms in total. The van der Waals surface area contributed by atoms with E-state index >= 15 is 0 Å². The summed E-state index contributed by atoms with van der Waals surface area (Å²) in [6.07, 6.45) is 7.99. The van der Waals surface area contributed by atoms with Crippen molar-refractivity contribution >= 4 is 6.03 Å². The number of rotatable bonds is 3. The first-order chi connectivity index (χ1) is 11.9. The number of aromatic nitrogens is 3. The molecule has 1 aliphatic heterocycles. The molecule has 1 aromatic rings. The van der Waals surface area contributed by atoms with Gasteiger partial charge >= 0.3 is 6.03 Å². The minimum Gasteiger partial charge on any atom is -0.331 e. The van der Waals surface area contributed by atoms with Crippen LogP contribution in [0.15, 0.2) is 6.33 Å². The lowest BCUT2D eigenvalue weighted by Crippen LogP contribution is -2.43. The number of carbonyl (C=O) groups excluding carboxylic acids is 1. The molecule has 1 aromatic heterocycles. The van der Waals surface area contributed by atoms with E-state index in [1.807, 2.05) is 9.58 Å². The highest BCUT2D eigenvalue weighted by atomic mass is 16.2. The third-order valence-corrected chi connectivity index (χ3v) is 5.31. The first kappa shape index (κ1) is 18.2. The molecule has 2 heterocycles. The van der Waals surface area contributed by atoms with E-state index in [9.17, 15) is 4.79 Å². The standard InChI is InChI=1S/C18H32N6O/c1-18(2,3)24-16(20-14-21-24)13-19-17(25)23-10-6-9-22(11-12-23)15-7-4-5-8-15/h14-15H,4-13H2,1-3H3,(H,19,25). The summed E-state index contributed by atoms with van der Waals surface area (Å²) in [6, 6.07) is 0.755.